The minimum Gasteiger partial charge on any atom is -0.481 e. The van der Waals surface area contributed by atoms with Crippen LogP contribution in [0.2, 0.25) is 0 Å². The van der Waals surface area contributed by atoms with Crippen LogP contribution in [0, 0.1) is 0 Å². The van der Waals surface area contributed by atoms with Crippen molar-refractivity contribution >= 4 is 28.6 Å². The van der Waals surface area contributed by atoms with Gasteiger partial charge in [-0.2, -0.15) is 0 Å². The molecule has 0 saturated carbocycles. The molecule has 4 heteroatoms. The molecule has 0 aliphatic carbocycles. The van der Waals surface area contributed by atoms with Crippen LogP contribution in [-0.4, -0.2) is 21.8 Å². The van der Waals surface area contributed by atoms with E-state index in [0.29, 0.717) is 6.42 Å². The van der Waals surface area contributed by atoms with Crippen LogP contribution in [0.15, 0.2) is 65.6 Å². The van der Waals surface area contributed by atoms with Gasteiger partial charge in [0.05, 0.1) is 11.2 Å². The molecule has 0 atom stereocenters. The Morgan fingerprint density at radius 1 is 1.04 bits per heavy atom. The summed E-state index contributed by atoms with van der Waals surface area (Å²) in [6.45, 7) is 0. The standard InChI is InChI=1S/C19H17NO2S/c21-19(22)11-6-12-23-18-13-17(14-7-2-1-3-8-14)20-16-10-5-4-9-15(16)18/h1-5,7-10,13H,6,11-12H2,(H,21,22). The zero-order chi connectivity index (χ0) is 16.1. The highest BCUT2D eigenvalue weighted by molar-refractivity contribution is 7.99. The van der Waals surface area contributed by atoms with Gasteiger partial charge < -0.3 is 5.11 Å². The van der Waals surface area contributed by atoms with E-state index in [1.54, 1.807) is 11.8 Å². The highest BCUT2D eigenvalue weighted by Gasteiger charge is 2.08. The van der Waals surface area contributed by atoms with Gasteiger partial charge in [0.25, 0.3) is 0 Å². The van der Waals surface area contributed by atoms with Crippen LogP contribution in [0.4, 0.5) is 0 Å². The van der Waals surface area contributed by atoms with E-state index in [1.807, 2.05) is 36.4 Å². The first-order valence-corrected chi connectivity index (χ1v) is 8.52. The van der Waals surface area contributed by atoms with E-state index >= 15 is 0 Å². The Morgan fingerprint density at radius 3 is 2.57 bits per heavy atom. The lowest BCUT2D eigenvalue weighted by atomic mass is 10.1. The van der Waals surface area contributed by atoms with Gasteiger partial charge in [-0.15, -0.1) is 11.8 Å². The van der Waals surface area contributed by atoms with Crippen molar-refractivity contribution in [3.63, 3.8) is 0 Å². The number of fused-ring (bicyclic) bond motifs is 1. The fraction of sp³-hybridized carbons (Fsp3) is 0.158. The van der Waals surface area contributed by atoms with Crippen molar-refractivity contribution < 1.29 is 9.90 Å². The van der Waals surface area contributed by atoms with Crippen LogP contribution >= 0.6 is 11.8 Å². The summed E-state index contributed by atoms with van der Waals surface area (Å²) in [7, 11) is 0. The average Bonchev–Trinajstić information content (AvgIpc) is 2.59. The van der Waals surface area contributed by atoms with Gasteiger partial charge in [0.2, 0.25) is 0 Å². The average molecular weight is 323 g/mol. The summed E-state index contributed by atoms with van der Waals surface area (Å²) < 4.78 is 0. The summed E-state index contributed by atoms with van der Waals surface area (Å²) in [6.07, 6.45) is 0.874. The quantitative estimate of drug-likeness (QED) is 0.520. The zero-order valence-corrected chi connectivity index (χ0v) is 13.4. The summed E-state index contributed by atoms with van der Waals surface area (Å²) in [5.74, 6) is 0.0457. The van der Waals surface area contributed by atoms with Crippen molar-refractivity contribution in [3.8, 4) is 11.3 Å². The second-order valence-corrected chi connectivity index (χ2v) is 6.37. The predicted molar refractivity (Wildman–Crippen MR) is 94.8 cm³/mol. The fourth-order valence-corrected chi connectivity index (χ4v) is 3.46. The van der Waals surface area contributed by atoms with E-state index in [0.717, 1.165) is 32.8 Å². The van der Waals surface area contributed by atoms with Gasteiger partial charge in [-0.3, -0.25) is 4.79 Å². The van der Waals surface area contributed by atoms with Crippen molar-refractivity contribution in [2.45, 2.75) is 17.7 Å². The van der Waals surface area contributed by atoms with Crippen molar-refractivity contribution in [2.75, 3.05) is 5.75 Å². The monoisotopic (exact) mass is 323 g/mol. The SMILES string of the molecule is O=C(O)CCCSc1cc(-c2ccccc2)nc2ccccc12. The number of benzene rings is 2. The smallest absolute Gasteiger partial charge is 0.303 e. The van der Waals surface area contributed by atoms with Crippen LogP contribution < -0.4 is 0 Å². The number of aliphatic carboxylic acids is 1. The third-order valence-corrected chi connectivity index (χ3v) is 4.68. The first kappa shape index (κ1) is 15.6. The summed E-state index contributed by atoms with van der Waals surface area (Å²) in [5, 5.41) is 9.87. The fourth-order valence-electron chi connectivity index (χ4n) is 2.43. The van der Waals surface area contributed by atoms with Gasteiger partial charge >= 0.3 is 5.97 Å². The highest BCUT2D eigenvalue weighted by Crippen LogP contribution is 2.31. The number of aromatic nitrogens is 1. The number of nitrogens with zero attached hydrogens (tertiary/aromatic N) is 1. The van der Waals surface area contributed by atoms with Crippen LogP contribution in [0.1, 0.15) is 12.8 Å². The molecule has 3 rings (SSSR count). The Bertz CT molecular complexity index is 818. The summed E-state index contributed by atoms with van der Waals surface area (Å²) in [6, 6.07) is 20.3. The topological polar surface area (TPSA) is 50.2 Å². The molecule has 23 heavy (non-hydrogen) atoms. The predicted octanol–water partition coefficient (Wildman–Crippen LogP) is 4.86. The van der Waals surface area contributed by atoms with E-state index < -0.39 is 5.97 Å². The molecule has 3 aromatic rings. The third kappa shape index (κ3) is 3.90. The molecule has 1 heterocycles. The van der Waals surface area contributed by atoms with E-state index in [1.165, 1.54) is 0 Å². The molecule has 0 saturated heterocycles. The molecule has 0 amide bonds. The molecule has 0 spiro atoms. The van der Waals surface area contributed by atoms with Crippen LogP contribution in [0.25, 0.3) is 22.2 Å². The van der Waals surface area contributed by atoms with E-state index in [9.17, 15) is 4.79 Å². The van der Waals surface area contributed by atoms with Gasteiger partial charge in [-0.25, -0.2) is 4.98 Å². The van der Waals surface area contributed by atoms with Crippen molar-refractivity contribution in [3.05, 3.63) is 60.7 Å². The molecule has 3 nitrogen and oxygen atoms in total. The molecular formula is C19H17NO2S. The summed E-state index contributed by atoms with van der Waals surface area (Å²) in [5.41, 5.74) is 3.00. The van der Waals surface area contributed by atoms with Gasteiger partial charge in [0.1, 0.15) is 0 Å². The van der Waals surface area contributed by atoms with E-state index in [-0.39, 0.29) is 6.42 Å². The number of para-hydroxylation sites is 1. The van der Waals surface area contributed by atoms with E-state index in [4.69, 9.17) is 10.1 Å². The number of hydrogen-bond donors (Lipinski definition) is 1. The molecular weight excluding hydrogens is 306 g/mol. The molecule has 0 unspecified atom stereocenters. The normalized spacial score (nSPS) is 10.8. The Morgan fingerprint density at radius 2 is 1.78 bits per heavy atom. The first-order chi connectivity index (χ1) is 11.2. The van der Waals surface area contributed by atoms with E-state index in [2.05, 4.69) is 24.3 Å². The zero-order valence-electron chi connectivity index (χ0n) is 12.6. The van der Waals surface area contributed by atoms with Gasteiger partial charge in [0.15, 0.2) is 0 Å². The molecule has 0 aliphatic rings. The number of carboxylic acid groups (broad SMARTS) is 1. The Balaban J connectivity index is 1.93. The number of hydrogen-bond acceptors (Lipinski definition) is 3. The number of pyridine rings is 1. The van der Waals surface area contributed by atoms with Crippen LogP contribution in [0.3, 0.4) is 0 Å². The van der Waals surface area contributed by atoms with Crippen molar-refractivity contribution in [2.24, 2.45) is 0 Å². The molecule has 0 aliphatic heterocycles. The Kier molecular flexibility index (Phi) is 4.93. The minimum absolute atomic E-state index is 0.210. The second kappa shape index (κ2) is 7.29. The third-order valence-electron chi connectivity index (χ3n) is 3.54. The maximum Gasteiger partial charge on any atom is 0.303 e. The van der Waals surface area contributed by atoms with Crippen LogP contribution in [0.5, 0.6) is 0 Å². The van der Waals surface area contributed by atoms with Gasteiger partial charge in [-0.1, -0.05) is 48.5 Å². The van der Waals surface area contributed by atoms with Gasteiger partial charge in [0, 0.05) is 22.3 Å². The summed E-state index contributed by atoms with van der Waals surface area (Å²) in [4.78, 5) is 16.6. The maximum atomic E-state index is 10.6. The number of thioether (sulfide) groups is 1. The van der Waals surface area contributed by atoms with Gasteiger partial charge in [-0.05, 0) is 24.3 Å². The van der Waals surface area contributed by atoms with Crippen LogP contribution in [-0.2, 0) is 4.79 Å². The molecule has 116 valence electrons. The molecule has 0 fully saturated rings. The lowest BCUT2D eigenvalue weighted by Crippen LogP contribution is -1.95. The Labute approximate surface area is 139 Å². The largest absolute Gasteiger partial charge is 0.481 e. The molecule has 1 aromatic heterocycles. The lowest BCUT2D eigenvalue weighted by Gasteiger charge is -2.09. The van der Waals surface area contributed by atoms with Crippen molar-refractivity contribution in [1.29, 1.82) is 0 Å². The molecule has 0 bridgehead atoms. The minimum atomic E-state index is -0.741. The molecule has 1 N–H and O–H groups in total. The molecule has 0 radical (unpaired) electrons. The second-order valence-electron chi connectivity index (χ2n) is 5.23. The number of carboxylic acids is 1. The number of rotatable bonds is 6. The maximum absolute atomic E-state index is 10.6. The number of carbonyl (C=O) groups is 1. The molecule has 2 aromatic carbocycles. The lowest BCUT2D eigenvalue weighted by molar-refractivity contribution is -0.137. The Hall–Kier alpha value is -2.33. The summed E-state index contributed by atoms with van der Waals surface area (Å²) >= 11 is 1.70. The first-order valence-electron chi connectivity index (χ1n) is 7.54. The van der Waals surface area contributed by atoms with Crippen molar-refractivity contribution in [1.82, 2.24) is 4.98 Å². The highest BCUT2D eigenvalue weighted by atomic mass is 32.2.